The molecule has 0 atom stereocenters. The maximum atomic E-state index is 11.6. The van der Waals surface area contributed by atoms with Crippen molar-refractivity contribution in [1.82, 2.24) is 25.4 Å². The minimum absolute atomic E-state index is 0. The van der Waals surface area contributed by atoms with Gasteiger partial charge in [0.1, 0.15) is 0 Å². The predicted molar refractivity (Wildman–Crippen MR) is 69.5 cm³/mol. The lowest BCUT2D eigenvalue weighted by molar-refractivity contribution is 1.07. The van der Waals surface area contributed by atoms with E-state index in [0.717, 1.165) is 11.4 Å². The van der Waals surface area contributed by atoms with E-state index in [1.54, 1.807) is 24.5 Å². The van der Waals surface area contributed by atoms with Crippen molar-refractivity contribution in [2.45, 2.75) is 0 Å². The van der Waals surface area contributed by atoms with Crippen LogP contribution in [-0.2, 0) is 0 Å². The molecule has 0 fully saturated rings. The Bertz CT molecular complexity index is 616. The van der Waals surface area contributed by atoms with Gasteiger partial charge in [-0.05, 0) is 12.1 Å². The quantitative estimate of drug-likeness (QED) is 0.656. The van der Waals surface area contributed by atoms with Crippen LogP contribution >= 0.6 is 12.4 Å². The molecule has 6 nitrogen and oxygen atoms in total. The SMILES string of the molecule is Cl.O=c1cc(-c2ccn[nH]2)[nH]c(-c2ccn[nH]2)c1. The molecule has 0 saturated carbocycles. The molecule has 0 saturated heterocycles. The molecule has 3 aromatic heterocycles. The summed E-state index contributed by atoms with van der Waals surface area (Å²) in [5.74, 6) is 0. The van der Waals surface area contributed by atoms with Gasteiger partial charge in [-0.2, -0.15) is 10.2 Å². The van der Waals surface area contributed by atoms with E-state index in [1.807, 2.05) is 0 Å². The fraction of sp³-hybridized carbons (Fsp3) is 0. The molecule has 0 bridgehead atoms. The Hall–Kier alpha value is -2.34. The fourth-order valence-electron chi connectivity index (χ4n) is 1.65. The van der Waals surface area contributed by atoms with Crippen LogP contribution < -0.4 is 5.43 Å². The van der Waals surface area contributed by atoms with E-state index < -0.39 is 0 Å². The number of halogens is 1. The van der Waals surface area contributed by atoms with Gasteiger partial charge in [-0.3, -0.25) is 15.0 Å². The Balaban J connectivity index is 0.00000120. The van der Waals surface area contributed by atoms with Crippen LogP contribution in [0.2, 0.25) is 0 Å². The maximum Gasteiger partial charge on any atom is 0.182 e. The second kappa shape index (κ2) is 4.89. The molecule has 0 amide bonds. The van der Waals surface area contributed by atoms with Gasteiger partial charge in [0.2, 0.25) is 0 Å². The topological polar surface area (TPSA) is 90.2 Å². The number of nitrogens with one attached hydrogen (secondary N) is 3. The lowest BCUT2D eigenvalue weighted by Gasteiger charge is -2.02. The van der Waals surface area contributed by atoms with Gasteiger partial charge in [0, 0.05) is 24.5 Å². The summed E-state index contributed by atoms with van der Waals surface area (Å²) in [6.45, 7) is 0. The van der Waals surface area contributed by atoms with E-state index in [0.29, 0.717) is 11.4 Å². The van der Waals surface area contributed by atoms with Crippen molar-refractivity contribution >= 4 is 12.4 Å². The number of aromatic amines is 3. The largest absolute Gasteiger partial charge is 0.352 e. The molecule has 0 aromatic carbocycles. The summed E-state index contributed by atoms with van der Waals surface area (Å²) >= 11 is 0. The highest BCUT2D eigenvalue weighted by molar-refractivity contribution is 5.85. The summed E-state index contributed by atoms with van der Waals surface area (Å²) in [5.41, 5.74) is 2.85. The molecule has 3 N–H and O–H groups in total. The van der Waals surface area contributed by atoms with Gasteiger partial charge in [-0.25, -0.2) is 0 Å². The molecule has 0 aliphatic carbocycles. The Morgan fingerprint density at radius 3 is 1.72 bits per heavy atom. The first kappa shape index (κ1) is 12.1. The molecular weight excluding hydrogens is 254 g/mol. The van der Waals surface area contributed by atoms with Gasteiger partial charge in [-0.15, -0.1) is 12.4 Å². The summed E-state index contributed by atoms with van der Waals surface area (Å²) in [7, 11) is 0. The van der Waals surface area contributed by atoms with Gasteiger partial charge < -0.3 is 4.98 Å². The van der Waals surface area contributed by atoms with Crippen LogP contribution in [0, 0.1) is 0 Å². The molecule has 92 valence electrons. The molecule has 0 unspecified atom stereocenters. The van der Waals surface area contributed by atoms with Gasteiger partial charge in [0.05, 0.1) is 22.8 Å². The van der Waals surface area contributed by atoms with Gasteiger partial charge >= 0.3 is 0 Å². The molecule has 3 rings (SSSR count). The molecule has 0 radical (unpaired) electrons. The summed E-state index contributed by atoms with van der Waals surface area (Å²) in [4.78, 5) is 14.8. The lowest BCUT2D eigenvalue weighted by Crippen LogP contribution is -2.02. The minimum Gasteiger partial charge on any atom is -0.352 e. The molecule has 0 spiro atoms. The van der Waals surface area contributed by atoms with Crippen molar-refractivity contribution in [1.29, 1.82) is 0 Å². The number of H-pyrrole nitrogens is 3. The van der Waals surface area contributed by atoms with E-state index in [2.05, 4.69) is 25.4 Å². The Labute approximate surface area is 108 Å². The third-order valence-corrected chi connectivity index (χ3v) is 2.42. The first-order valence-electron chi connectivity index (χ1n) is 5.07. The Morgan fingerprint density at radius 1 is 0.833 bits per heavy atom. The minimum atomic E-state index is -0.0713. The van der Waals surface area contributed by atoms with Crippen LogP contribution in [0.15, 0.2) is 41.5 Å². The summed E-state index contributed by atoms with van der Waals surface area (Å²) in [5, 5.41) is 13.3. The third kappa shape index (κ3) is 2.18. The molecule has 0 aliphatic rings. The number of hydrogen-bond acceptors (Lipinski definition) is 3. The zero-order valence-corrected chi connectivity index (χ0v) is 9.99. The monoisotopic (exact) mass is 263 g/mol. The summed E-state index contributed by atoms with van der Waals surface area (Å²) in [6.07, 6.45) is 3.27. The number of pyridine rings is 1. The van der Waals surface area contributed by atoms with Gasteiger partial charge in [-0.1, -0.05) is 0 Å². The van der Waals surface area contributed by atoms with Crippen LogP contribution in [-0.4, -0.2) is 25.4 Å². The third-order valence-electron chi connectivity index (χ3n) is 2.42. The molecule has 0 aliphatic heterocycles. The van der Waals surface area contributed by atoms with Crippen molar-refractivity contribution in [3.05, 3.63) is 46.9 Å². The van der Waals surface area contributed by atoms with E-state index in [-0.39, 0.29) is 17.8 Å². The number of aromatic nitrogens is 5. The number of rotatable bonds is 2. The van der Waals surface area contributed by atoms with E-state index in [4.69, 9.17) is 0 Å². The fourth-order valence-corrected chi connectivity index (χ4v) is 1.65. The van der Waals surface area contributed by atoms with Crippen LogP contribution in [0.4, 0.5) is 0 Å². The lowest BCUT2D eigenvalue weighted by atomic mass is 10.2. The predicted octanol–water partition coefficient (Wildman–Crippen LogP) is 1.58. The maximum absolute atomic E-state index is 11.6. The first-order chi connectivity index (χ1) is 8.33. The molecule has 3 aromatic rings. The standard InChI is InChI=1S/C11H9N5O.ClH/c17-7-5-10(8-1-3-12-15-8)14-11(6-7)9-2-4-13-16-9;/h1-6H,(H,12,15)(H,13,16)(H,14,17);1H. The van der Waals surface area contributed by atoms with Crippen molar-refractivity contribution in [2.24, 2.45) is 0 Å². The average molecular weight is 264 g/mol. The van der Waals surface area contributed by atoms with Crippen molar-refractivity contribution in [3.63, 3.8) is 0 Å². The van der Waals surface area contributed by atoms with Crippen molar-refractivity contribution < 1.29 is 0 Å². The molecule has 18 heavy (non-hydrogen) atoms. The van der Waals surface area contributed by atoms with Gasteiger partial charge in [0.15, 0.2) is 5.43 Å². The second-order valence-corrected chi connectivity index (χ2v) is 3.58. The zero-order valence-electron chi connectivity index (χ0n) is 9.18. The highest BCUT2D eigenvalue weighted by Crippen LogP contribution is 2.16. The van der Waals surface area contributed by atoms with Crippen LogP contribution in [0.25, 0.3) is 22.8 Å². The van der Waals surface area contributed by atoms with E-state index in [9.17, 15) is 4.79 Å². The zero-order chi connectivity index (χ0) is 11.7. The van der Waals surface area contributed by atoms with Crippen LogP contribution in [0.3, 0.4) is 0 Å². The van der Waals surface area contributed by atoms with Crippen LogP contribution in [0.1, 0.15) is 0 Å². The molecular formula is C11H10ClN5O. The number of nitrogens with zero attached hydrogens (tertiary/aromatic N) is 2. The average Bonchev–Trinajstić information content (AvgIpc) is 3.02. The highest BCUT2D eigenvalue weighted by Gasteiger charge is 2.05. The number of hydrogen-bond donors (Lipinski definition) is 3. The second-order valence-electron chi connectivity index (χ2n) is 3.58. The summed E-state index contributed by atoms with van der Waals surface area (Å²) in [6, 6.07) is 6.63. The Morgan fingerprint density at radius 2 is 1.33 bits per heavy atom. The normalized spacial score (nSPS) is 10.0. The van der Waals surface area contributed by atoms with Crippen LogP contribution in [0.5, 0.6) is 0 Å². The smallest absolute Gasteiger partial charge is 0.182 e. The molecule has 3 heterocycles. The first-order valence-corrected chi connectivity index (χ1v) is 5.07. The summed E-state index contributed by atoms with van der Waals surface area (Å²) < 4.78 is 0. The highest BCUT2D eigenvalue weighted by atomic mass is 35.5. The van der Waals surface area contributed by atoms with Crippen molar-refractivity contribution in [2.75, 3.05) is 0 Å². The van der Waals surface area contributed by atoms with Gasteiger partial charge in [0.25, 0.3) is 0 Å². The Kier molecular flexibility index (Phi) is 3.29. The van der Waals surface area contributed by atoms with E-state index >= 15 is 0 Å². The van der Waals surface area contributed by atoms with E-state index in [1.165, 1.54) is 12.1 Å². The van der Waals surface area contributed by atoms with Crippen molar-refractivity contribution in [3.8, 4) is 22.8 Å². The molecule has 7 heteroatoms.